The molecule has 2 aromatic rings. The molecule has 1 N–H and O–H groups in total. The van der Waals surface area contributed by atoms with Gasteiger partial charge in [-0.05, 0) is 61.5 Å². The van der Waals surface area contributed by atoms with Crippen molar-refractivity contribution in [1.82, 2.24) is 0 Å². The summed E-state index contributed by atoms with van der Waals surface area (Å²) in [5.41, 5.74) is 0.275. The number of ether oxygens (including phenoxy) is 1. The molecule has 124 valence electrons. The molecule has 2 rings (SSSR count). The molecule has 0 spiro atoms. The second-order valence-electron chi connectivity index (χ2n) is 4.99. The lowest BCUT2D eigenvalue weighted by Crippen LogP contribution is -2.22. The first-order chi connectivity index (χ1) is 11.4. The number of carbonyl (C=O) groups excluding carboxylic acids is 1. The van der Waals surface area contributed by atoms with Crippen LogP contribution in [0.25, 0.3) is 6.08 Å². The van der Waals surface area contributed by atoms with Crippen LogP contribution in [0.4, 0.5) is 8.78 Å². The zero-order chi connectivity index (χ0) is 17.7. The van der Waals surface area contributed by atoms with Crippen LogP contribution >= 0.6 is 0 Å². The van der Waals surface area contributed by atoms with Crippen LogP contribution in [0, 0.1) is 11.6 Å². The van der Waals surface area contributed by atoms with Crippen molar-refractivity contribution in [2.45, 2.75) is 13.0 Å². The van der Waals surface area contributed by atoms with Gasteiger partial charge in [-0.1, -0.05) is 0 Å². The molecule has 4 nitrogen and oxygen atoms in total. The Labute approximate surface area is 137 Å². The third-order valence-corrected chi connectivity index (χ3v) is 3.17. The van der Waals surface area contributed by atoms with E-state index in [4.69, 9.17) is 9.84 Å². The predicted octanol–water partition coefficient (Wildman–Crippen LogP) is 3.71. The summed E-state index contributed by atoms with van der Waals surface area (Å²) in [4.78, 5) is 22.7. The number of hydrogen-bond acceptors (Lipinski definition) is 3. The van der Waals surface area contributed by atoms with Gasteiger partial charge in [0.05, 0.1) is 0 Å². The molecule has 0 radical (unpaired) electrons. The highest BCUT2D eigenvalue weighted by atomic mass is 19.1. The largest absolute Gasteiger partial charge is 0.479 e. The van der Waals surface area contributed by atoms with Crippen LogP contribution in [0.1, 0.15) is 22.8 Å². The first-order valence-corrected chi connectivity index (χ1v) is 7.04. The summed E-state index contributed by atoms with van der Waals surface area (Å²) in [6, 6.07) is 8.80. The highest BCUT2D eigenvalue weighted by Crippen LogP contribution is 2.16. The molecule has 24 heavy (non-hydrogen) atoms. The summed E-state index contributed by atoms with van der Waals surface area (Å²) in [7, 11) is 0. The maximum absolute atomic E-state index is 13.5. The fourth-order valence-corrected chi connectivity index (χ4v) is 1.86. The Morgan fingerprint density at radius 2 is 1.79 bits per heavy atom. The zero-order valence-corrected chi connectivity index (χ0v) is 12.7. The molecule has 0 fully saturated rings. The van der Waals surface area contributed by atoms with Gasteiger partial charge < -0.3 is 9.84 Å². The summed E-state index contributed by atoms with van der Waals surface area (Å²) in [5.74, 6) is -2.43. The van der Waals surface area contributed by atoms with E-state index in [0.29, 0.717) is 11.3 Å². The monoisotopic (exact) mass is 332 g/mol. The van der Waals surface area contributed by atoms with E-state index in [1.165, 1.54) is 37.3 Å². The van der Waals surface area contributed by atoms with Crippen molar-refractivity contribution in [3.63, 3.8) is 0 Å². The number of carboxylic acids is 1. The molecule has 1 unspecified atom stereocenters. The minimum absolute atomic E-state index is 0.0291. The number of hydrogen-bond donors (Lipinski definition) is 1. The van der Waals surface area contributed by atoms with E-state index in [1.54, 1.807) is 0 Å². The van der Waals surface area contributed by atoms with Gasteiger partial charge in [0.15, 0.2) is 11.9 Å². The van der Waals surface area contributed by atoms with Gasteiger partial charge in [0.2, 0.25) is 0 Å². The first-order valence-electron chi connectivity index (χ1n) is 7.04. The minimum atomic E-state index is -1.10. The lowest BCUT2D eigenvalue weighted by molar-refractivity contribution is -0.144. The van der Waals surface area contributed by atoms with Crippen molar-refractivity contribution in [3.05, 3.63) is 71.3 Å². The first kappa shape index (κ1) is 17.3. The average molecular weight is 332 g/mol. The van der Waals surface area contributed by atoms with Gasteiger partial charge in [-0.2, -0.15) is 0 Å². The maximum Gasteiger partial charge on any atom is 0.344 e. The smallest absolute Gasteiger partial charge is 0.344 e. The van der Waals surface area contributed by atoms with E-state index in [1.807, 2.05) is 0 Å². The van der Waals surface area contributed by atoms with Crippen LogP contribution in [-0.2, 0) is 4.79 Å². The maximum atomic E-state index is 13.5. The van der Waals surface area contributed by atoms with Crippen molar-refractivity contribution in [2.24, 2.45) is 0 Å². The SMILES string of the molecule is CC(Oc1ccc(C(=O)C=Cc2cc(F)ccc2F)cc1)C(=O)O. The fraction of sp³-hybridized carbons (Fsp3) is 0.111. The lowest BCUT2D eigenvalue weighted by atomic mass is 10.1. The third-order valence-electron chi connectivity index (χ3n) is 3.17. The van der Waals surface area contributed by atoms with E-state index in [0.717, 1.165) is 24.3 Å². The molecule has 6 heteroatoms. The topological polar surface area (TPSA) is 63.6 Å². The summed E-state index contributed by atoms with van der Waals surface area (Å²) in [6.07, 6.45) is 1.31. The van der Waals surface area contributed by atoms with Gasteiger partial charge in [0.25, 0.3) is 0 Å². The van der Waals surface area contributed by atoms with Gasteiger partial charge in [-0.25, -0.2) is 13.6 Å². The quantitative estimate of drug-likeness (QED) is 0.647. The molecule has 1 atom stereocenters. The molecule has 0 heterocycles. The van der Waals surface area contributed by atoms with E-state index in [-0.39, 0.29) is 5.56 Å². The second kappa shape index (κ2) is 7.50. The van der Waals surface area contributed by atoms with E-state index in [9.17, 15) is 18.4 Å². The van der Waals surface area contributed by atoms with Crippen LogP contribution in [0.2, 0.25) is 0 Å². The average Bonchev–Trinajstić information content (AvgIpc) is 2.56. The zero-order valence-electron chi connectivity index (χ0n) is 12.7. The minimum Gasteiger partial charge on any atom is -0.479 e. The highest BCUT2D eigenvalue weighted by Gasteiger charge is 2.12. The van der Waals surface area contributed by atoms with Crippen molar-refractivity contribution in [1.29, 1.82) is 0 Å². The van der Waals surface area contributed by atoms with Crippen LogP contribution in [0.15, 0.2) is 48.5 Å². The number of allylic oxidation sites excluding steroid dienone is 1. The normalized spacial score (nSPS) is 12.1. The number of carboxylic acid groups (broad SMARTS) is 1. The predicted molar refractivity (Wildman–Crippen MR) is 83.9 cm³/mol. The van der Waals surface area contributed by atoms with Crippen molar-refractivity contribution in [3.8, 4) is 5.75 Å². The number of benzene rings is 2. The molecule has 2 aromatic carbocycles. The van der Waals surface area contributed by atoms with Crippen LogP contribution in [-0.4, -0.2) is 23.0 Å². The summed E-state index contributed by atoms with van der Waals surface area (Å²) in [6.45, 7) is 1.39. The van der Waals surface area contributed by atoms with Crippen molar-refractivity contribution >= 4 is 17.8 Å². The van der Waals surface area contributed by atoms with Crippen LogP contribution in [0.3, 0.4) is 0 Å². The van der Waals surface area contributed by atoms with Crippen molar-refractivity contribution in [2.75, 3.05) is 0 Å². The fourth-order valence-electron chi connectivity index (χ4n) is 1.86. The molecule has 0 aromatic heterocycles. The Morgan fingerprint density at radius 3 is 2.42 bits per heavy atom. The van der Waals surface area contributed by atoms with Crippen molar-refractivity contribution < 1.29 is 28.2 Å². The Balaban J connectivity index is 2.08. The molecule has 0 saturated heterocycles. The second-order valence-corrected chi connectivity index (χ2v) is 4.99. The van der Waals surface area contributed by atoms with E-state index in [2.05, 4.69) is 0 Å². The molecular weight excluding hydrogens is 318 g/mol. The van der Waals surface area contributed by atoms with Gasteiger partial charge in [-0.3, -0.25) is 4.79 Å². The molecule has 0 saturated carbocycles. The molecule has 0 aliphatic heterocycles. The standard InChI is InChI=1S/C18H14F2O4/c1-11(18(22)23)24-15-6-2-12(3-7-15)17(21)9-4-13-10-14(19)5-8-16(13)20/h2-11H,1H3,(H,22,23). The third kappa shape index (κ3) is 4.49. The van der Waals surface area contributed by atoms with Gasteiger partial charge in [0.1, 0.15) is 17.4 Å². The Bertz CT molecular complexity index is 782. The van der Waals surface area contributed by atoms with Crippen LogP contribution in [0.5, 0.6) is 5.75 Å². The van der Waals surface area contributed by atoms with Gasteiger partial charge >= 0.3 is 5.97 Å². The number of aliphatic carboxylic acids is 1. The molecule has 0 bridgehead atoms. The van der Waals surface area contributed by atoms with E-state index < -0.39 is 29.5 Å². The molecule has 0 aliphatic rings. The summed E-state index contributed by atoms with van der Waals surface area (Å²) < 4.78 is 31.7. The molecule has 0 aliphatic carbocycles. The number of rotatable bonds is 6. The Hall–Kier alpha value is -3.02. The number of carbonyl (C=O) groups is 2. The molecule has 0 amide bonds. The Kier molecular flexibility index (Phi) is 5.42. The number of halogens is 2. The van der Waals surface area contributed by atoms with Gasteiger partial charge in [0, 0.05) is 11.1 Å². The van der Waals surface area contributed by atoms with Gasteiger partial charge in [-0.15, -0.1) is 0 Å². The lowest BCUT2D eigenvalue weighted by Gasteiger charge is -2.10. The summed E-state index contributed by atoms with van der Waals surface area (Å²) >= 11 is 0. The molecular formula is C18H14F2O4. The highest BCUT2D eigenvalue weighted by molar-refractivity contribution is 6.06. The number of ketones is 1. The van der Waals surface area contributed by atoms with E-state index >= 15 is 0 Å². The Morgan fingerprint density at radius 1 is 1.12 bits per heavy atom. The van der Waals surface area contributed by atoms with Crippen LogP contribution < -0.4 is 4.74 Å². The summed E-state index contributed by atoms with van der Waals surface area (Å²) in [5, 5.41) is 8.76.